The Morgan fingerprint density at radius 1 is 1.39 bits per heavy atom. The number of rotatable bonds is 5. The highest BCUT2D eigenvalue weighted by Crippen LogP contribution is 2.35. The summed E-state index contributed by atoms with van der Waals surface area (Å²) in [5, 5.41) is 3.06. The van der Waals surface area contributed by atoms with Crippen LogP contribution in [0.3, 0.4) is 0 Å². The van der Waals surface area contributed by atoms with E-state index in [2.05, 4.69) is 41.9 Å². The van der Waals surface area contributed by atoms with Gasteiger partial charge in [0.15, 0.2) is 0 Å². The first-order chi connectivity index (χ1) is 11.1. The lowest BCUT2D eigenvalue weighted by Gasteiger charge is -2.26. The quantitative estimate of drug-likeness (QED) is 0.923. The highest BCUT2D eigenvalue weighted by Gasteiger charge is 2.33. The molecule has 0 bridgehead atoms. The zero-order chi connectivity index (χ0) is 16.4. The lowest BCUT2D eigenvalue weighted by atomic mass is 10.2. The van der Waals surface area contributed by atoms with Gasteiger partial charge in [-0.25, -0.2) is 4.98 Å². The summed E-state index contributed by atoms with van der Waals surface area (Å²) in [6.07, 6.45) is 2.60. The summed E-state index contributed by atoms with van der Waals surface area (Å²) >= 11 is 0. The fourth-order valence-electron chi connectivity index (χ4n) is 3.55. The molecule has 3 rings (SSSR count). The topological polar surface area (TPSA) is 50.2 Å². The van der Waals surface area contributed by atoms with E-state index >= 15 is 0 Å². The first kappa shape index (κ1) is 16.0. The van der Waals surface area contributed by atoms with E-state index in [9.17, 15) is 4.79 Å². The van der Waals surface area contributed by atoms with Crippen LogP contribution in [0.2, 0.25) is 0 Å². The number of benzene rings is 1. The average molecular weight is 314 g/mol. The molecule has 2 heterocycles. The maximum Gasteiger partial charge on any atom is 0.224 e. The maximum absolute atomic E-state index is 12.5. The summed E-state index contributed by atoms with van der Waals surface area (Å²) in [6, 6.07) is 8.68. The van der Waals surface area contributed by atoms with E-state index in [1.165, 1.54) is 0 Å². The van der Waals surface area contributed by atoms with Crippen molar-refractivity contribution in [2.24, 2.45) is 0 Å². The number of para-hydroxylation sites is 2. The van der Waals surface area contributed by atoms with E-state index in [1.54, 1.807) is 0 Å². The molecule has 1 N–H and O–H groups in total. The van der Waals surface area contributed by atoms with Crippen LogP contribution < -0.4 is 5.32 Å². The molecule has 1 atom stereocenters. The Labute approximate surface area is 137 Å². The minimum absolute atomic E-state index is 0.106. The molecule has 23 heavy (non-hydrogen) atoms. The monoisotopic (exact) mass is 314 g/mol. The van der Waals surface area contributed by atoms with Gasteiger partial charge in [0.2, 0.25) is 5.91 Å². The smallest absolute Gasteiger partial charge is 0.224 e. The van der Waals surface area contributed by atoms with Crippen LogP contribution in [0.4, 0.5) is 0 Å². The molecule has 1 fully saturated rings. The molecular weight excluding hydrogens is 288 g/mol. The molecule has 5 nitrogen and oxygen atoms in total. The van der Waals surface area contributed by atoms with Crippen molar-refractivity contribution in [3.63, 3.8) is 0 Å². The van der Waals surface area contributed by atoms with Crippen molar-refractivity contribution in [2.75, 3.05) is 20.1 Å². The van der Waals surface area contributed by atoms with Gasteiger partial charge in [-0.2, -0.15) is 0 Å². The summed E-state index contributed by atoms with van der Waals surface area (Å²) in [7, 11) is 1.88. The predicted octanol–water partition coefficient (Wildman–Crippen LogP) is 2.89. The number of carbonyl (C=O) groups excluding carboxylic acids is 1. The van der Waals surface area contributed by atoms with Crippen LogP contribution in [-0.4, -0.2) is 40.5 Å². The molecule has 124 valence electrons. The number of imidazole rings is 1. The van der Waals surface area contributed by atoms with Gasteiger partial charge in [0.1, 0.15) is 5.82 Å². The number of nitrogens with one attached hydrogen (secondary N) is 1. The van der Waals surface area contributed by atoms with Crippen molar-refractivity contribution in [3.8, 4) is 0 Å². The normalized spacial score (nSPS) is 18.3. The van der Waals surface area contributed by atoms with Crippen molar-refractivity contribution < 1.29 is 4.79 Å². The zero-order valence-corrected chi connectivity index (χ0v) is 14.2. The fraction of sp³-hybridized carbons (Fsp3) is 0.556. The molecule has 2 aromatic rings. The lowest BCUT2D eigenvalue weighted by molar-refractivity contribution is -0.132. The number of carbonyl (C=O) groups is 1. The number of likely N-dealkylation sites (tertiary alicyclic amines) is 1. The Bertz CT molecular complexity index is 691. The maximum atomic E-state index is 12.5. The Morgan fingerprint density at radius 3 is 2.91 bits per heavy atom. The van der Waals surface area contributed by atoms with E-state index in [4.69, 9.17) is 4.98 Å². The van der Waals surface area contributed by atoms with Crippen molar-refractivity contribution in [2.45, 2.75) is 45.2 Å². The van der Waals surface area contributed by atoms with Crippen LogP contribution in [0.25, 0.3) is 11.0 Å². The number of nitrogens with zero attached hydrogens (tertiary/aromatic N) is 3. The van der Waals surface area contributed by atoms with Gasteiger partial charge >= 0.3 is 0 Å². The van der Waals surface area contributed by atoms with E-state index in [0.717, 1.165) is 42.8 Å². The first-order valence-corrected chi connectivity index (χ1v) is 8.54. The van der Waals surface area contributed by atoms with Gasteiger partial charge in [0, 0.05) is 25.6 Å². The Balaban J connectivity index is 1.98. The van der Waals surface area contributed by atoms with Crippen LogP contribution in [0, 0.1) is 0 Å². The van der Waals surface area contributed by atoms with Crippen LogP contribution >= 0.6 is 0 Å². The fourth-order valence-corrected chi connectivity index (χ4v) is 3.55. The first-order valence-electron chi connectivity index (χ1n) is 8.54. The van der Waals surface area contributed by atoms with Crippen molar-refractivity contribution >= 4 is 16.9 Å². The largest absolute Gasteiger partial charge is 0.332 e. The van der Waals surface area contributed by atoms with Crippen LogP contribution in [0.15, 0.2) is 24.3 Å². The highest BCUT2D eigenvalue weighted by molar-refractivity contribution is 5.78. The molecular formula is C18H26N4O. The van der Waals surface area contributed by atoms with Gasteiger partial charge in [0.05, 0.1) is 17.1 Å². The van der Waals surface area contributed by atoms with Gasteiger partial charge in [0.25, 0.3) is 0 Å². The van der Waals surface area contributed by atoms with Crippen molar-refractivity contribution in [3.05, 3.63) is 30.1 Å². The van der Waals surface area contributed by atoms with Gasteiger partial charge in [-0.15, -0.1) is 0 Å². The Kier molecular flexibility index (Phi) is 4.66. The molecule has 1 unspecified atom stereocenters. The summed E-state index contributed by atoms with van der Waals surface area (Å²) in [5.74, 6) is 1.26. The second kappa shape index (κ2) is 6.71. The third-order valence-corrected chi connectivity index (χ3v) is 4.60. The summed E-state index contributed by atoms with van der Waals surface area (Å²) in [6.45, 7) is 5.93. The molecule has 1 aliphatic heterocycles. The van der Waals surface area contributed by atoms with Crippen LogP contribution in [0.5, 0.6) is 0 Å². The number of hydrogen-bond acceptors (Lipinski definition) is 3. The van der Waals surface area contributed by atoms with Crippen molar-refractivity contribution in [1.82, 2.24) is 19.8 Å². The van der Waals surface area contributed by atoms with Gasteiger partial charge in [-0.3, -0.25) is 4.79 Å². The summed E-state index contributed by atoms with van der Waals surface area (Å²) < 4.78 is 2.30. The SMILES string of the molecule is CNCCC(=O)N1CCCC1c1nc2ccccc2n1C(C)C. The third kappa shape index (κ3) is 2.98. The number of hydrogen-bond donors (Lipinski definition) is 1. The molecule has 0 spiro atoms. The van der Waals surface area contributed by atoms with Gasteiger partial charge in [-0.05, 0) is 45.9 Å². The van der Waals surface area contributed by atoms with Crippen LogP contribution in [-0.2, 0) is 4.79 Å². The molecule has 1 aromatic carbocycles. The zero-order valence-electron chi connectivity index (χ0n) is 14.2. The molecule has 0 aliphatic carbocycles. The molecule has 0 saturated carbocycles. The standard InChI is InChI=1S/C18H26N4O/c1-13(2)22-15-8-5-4-7-14(15)20-18(22)16-9-6-12-21(16)17(23)10-11-19-3/h4-5,7-8,13,16,19H,6,9-12H2,1-3H3. The van der Waals surface area contributed by atoms with Crippen LogP contribution in [0.1, 0.15) is 51.0 Å². The van der Waals surface area contributed by atoms with E-state index < -0.39 is 0 Å². The number of fused-ring (bicyclic) bond motifs is 1. The number of aromatic nitrogens is 2. The summed E-state index contributed by atoms with van der Waals surface area (Å²) in [5.41, 5.74) is 2.18. The predicted molar refractivity (Wildman–Crippen MR) is 92.3 cm³/mol. The van der Waals surface area contributed by atoms with E-state index in [0.29, 0.717) is 12.5 Å². The van der Waals surface area contributed by atoms with Crippen molar-refractivity contribution in [1.29, 1.82) is 0 Å². The minimum Gasteiger partial charge on any atom is -0.332 e. The van der Waals surface area contributed by atoms with E-state index in [-0.39, 0.29) is 11.9 Å². The van der Waals surface area contributed by atoms with E-state index in [1.807, 2.05) is 18.0 Å². The minimum atomic E-state index is 0.106. The molecule has 5 heteroatoms. The molecule has 1 aliphatic rings. The Hall–Kier alpha value is -1.88. The second-order valence-corrected chi connectivity index (χ2v) is 6.52. The third-order valence-electron chi connectivity index (χ3n) is 4.60. The summed E-state index contributed by atoms with van der Waals surface area (Å²) in [4.78, 5) is 19.4. The highest BCUT2D eigenvalue weighted by atomic mass is 16.2. The van der Waals surface area contributed by atoms with Gasteiger partial charge in [-0.1, -0.05) is 12.1 Å². The lowest BCUT2D eigenvalue weighted by Crippen LogP contribution is -2.33. The molecule has 1 amide bonds. The van der Waals surface area contributed by atoms with Gasteiger partial charge < -0.3 is 14.8 Å². The Morgan fingerprint density at radius 2 is 2.17 bits per heavy atom. The molecule has 1 saturated heterocycles. The second-order valence-electron chi connectivity index (χ2n) is 6.52. The average Bonchev–Trinajstić information content (AvgIpc) is 3.15. The molecule has 1 aromatic heterocycles. The molecule has 0 radical (unpaired) electrons. The number of amides is 1.